The van der Waals surface area contributed by atoms with E-state index in [1.165, 1.54) is 0 Å². The number of hydrogen-bond donors (Lipinski definition) is 2. The minimum absolute atomic E-state index is 0.0131. The van der Waals surface area contributed by atoms with E-state index in [9.17, 15) is 14.0 Å². The number of amidine groups is 1. The first-order chi connectivity index (χ1) is 7.18. The molecule has 0 aromatic carbocycles. The molecule has 0 spiro atoms. The van der Waals surface area contributed by atoms with Gasteiger partial charge in [0.2, 0.25) is 0 Å². The predicted molar refractivity (Wildman–Crippen MR) is 51.1 cm³/mol. The molecular weight excluding hydrogens is 201 g/mol. The molecule has 0 radical (unpaired) electrons. The van der Waals surface area contributed by atoms with Gasteiger partial charge in [0.25, 0.3) is 18.0 Å². The van der Waals surface area contributed by atoms with Crippen molar-refractivity contribution in [2.75, 3.05) is 13.1 Å². The first kappa shape index (κ1) is 10.2. The molecule has 2 N–H and O–H groups in total. The molecule has 2 aliphatic heterocycles. The number of amides is 2. The number of rotatable bonds is 1. The third-order valence-electron chi connectivity index (χ3n) is 2.61. The Labute approximate surface area is 86.1 Å². The average Bonchev–Trinajstić information content (AvgIpc) is 2.26. The maximum atomic E-state index is 12.8. The Balaban J connectivity index is 2.12. The van der Waals surface area contributed by atoms with Crippen LogP contribution in [-0.4, -0.2) is 36.9 Å². The van der Waals surface area contributed by atoms with Crippen molar-refractivity contribution in [3.05, 3.63) is 0 Å². The van der Waals surface area contributed by atoms with Crippen molar-refractivity contribution < 1.29 is 14.0 Å². The molecule has 1 fully saturated rings. The number of halogens is 1. The molecule has 0 bridgehead atoms. The van der Waals surface area contributed by atoms with Gasteiger partial charge in [0.15, 0.2) is 0 Å². The van der Waals surface area contributed by atoms with Crippen LogP contribution in [0.25, 0.3) is 0 Å². The third kappa shape index (κ3) is 2.04. The maximum absolute atomic E-state index is 12.8. The van der Waals surface area contributed by atoms with E-state index in [0.717, 1.165) is 19.4 Å². The fourth-order valence-corrected chi connectivity index (χ4v) is 1.78. The van der Waals surface area contributed by atoms with Gasteiger partial charge in [-0.3, -0.25) is 9.59 Å². The van der Waals surface area contributed by atoms with E-state index in [-0.39, 0.29) is 5.92 Å². The van der Waals surface area contributed by atoms with Crippen LogP contribution in [0.5, 0.6) is 0 Å². The van der Waals surface area contributed by atoms with E-state index >= 15 is 0 Å². The first-order valence-corrected chi connectivity index (χ1v) is 4.96. The summed E-state index contributed by atoms with van der Waals surface area (Å²) in [6.07, 6.45) is -0.311. The Hall–Kier alpha value is -1.30. The molecule has 1 saturated heterocycles. The summed E-state index contributed by atoms with van der Waals surface area (Å²) in [7, 11) is 0. The lowest BCUT2D eigenvalue weighted by Gasteiger charge is -2.26. The second-order valence-corrected chi connectivity index (χ2v) is 3.73. The largest absolute Gasteiger partial charge is 0.316 e. The summed E-state index contributed by atoms with van der Waals surface area (Å²) in [5.41, 5.74) is 0. The van der Waals surface area contributed by atoms with E-state index in [0.29, 0.717) is 12.4 Å². The maximum Gasteiger partial charge on any atom is 0.291 e. The lowest BCUT2D eigenvalue weighted by molar-refractivity contribution is -0.134. The van der Waals surface area contributed by atoms with Crippen LogP contribution in [0.4, 0.5) is 4.39 Å². The van der Waals surface area contributed by atoms with Crippen LogP contribution in [0.2, 0.25) is 0 Å². The zero-order valence-electron chi connectivity index (χ0n) is 8.12. The zero-order valence-corrected chi connectivity index (χ0v) is 8.12. The van der Waals surface area contributed by atoms with Gasteiger partial charge in [-0.2, -0.15) is 4.99 Å². The van der Waals surface area contributed by atoms with Gasteiger partial charge in [-0.05, 0) is 19.4 Å². The van der Waals surface area contributed by atoms with Crippen molar-refractivity contribution in [3.8, 4) is 0 Å². The molecule has 82 valence electrons. The lowest BCUT2D eigenvalue weighted by Crippen LogP contribution is -2.50. The Bertz CT molecular complexity index is 323. The summed E-state index contributed by atoms with van der Waals surface area (Å²) in [4.78, 5) is 25.6. The smallest absolute Gasteiger partial charge is 0.291 e. The van der Waals surface area contributed by atoms with Crippen molar-refractivity contribution in [3.63, 3.8) is 0 Å². The van der Waals surface area contributed by atoms with Gasteiger partial charge in [-0.15, -0.1) is 0 Å². The standard InChI is InChI=1S/C9H12FN3O2/c10-6-8(14)12-7(13-9(6)15)5-2-1-3-11-4-5/h5-6,11H,1-4H2,(H,12,13,14,15). The monoisotopic (exact) mass is 213 g/mol. The number of carbonyl (C=O) groups excluding carboxylic acids is 2. The molecule has 0 saturated carbocycles. The summed E-state index contributed by atoms with van der Waals surface area (Å²) in [5.74, 6) is -1.56. The Morgan fingerprint density at radius 1 is 1.40 bits per heavy atom. The molecule has 2 aliphatic rings. The fraction of sp³-hybridized carbons (Fsp3) is 0.667. The summed E-state index contributed by atoms with van der Waals surface area (Å²) in [6, 6.07) is 0. The van der Waals surface area contributed by atoms with Gasteiger partial charge >= 0.3 is 0 Å². The number of alkyl halides is 1. The van der Waals surface area contributed by atoms with E-state index in [1.54, 1.807) is 0 Å². The fourth-order valence-electron chi connectivity index (χ4n) is 1.78. The number of carbonyl (C=O) groups is 2. The highest BCUT2D eigenvalue weighted by Gasteiger charge is 2.34. The predicted octanol–water partition coefficient (Wildman–Crippen LogP) is -0.621. The van der Waals surface area contributed by atoms with Crippen LogP contribution in [0, 0.1) is 5.92 Å². The van der Waals surface area contributed by atoms with E-state index in [2.05, 4.69) is 15.6 Å². The summed E-state index contributed by atoms with van der Waals surface area (Å²) < 4.78 is 12.8. The summed E-state index contributed by atoms with van der Waals surface area (Å²) in [5, 5.41) is 5.48. The highest BCUT2D eigenvalue weighted by Crippen LogP contribution is 2.14. The SMILES string of the molecule is O=C1N=C(C2CCCNC2)NC(=O)C1F. The molecule has 2 rings (SSSR count). The van der Waals surface area contributed by atoms with Crippen LogP contribution < -0.4 is 10.6 Å². The zero-order chi connectivity index (χ0) is 10.8. The quantitative estimate of drug-likeness (QED) is 0.570. The molecular formula is C9H12FN3O2. The molecule has 0 aromatic heterocycles. The van der Waals surface area contributed by atoms with Crippen molar-refractivity contribution in [1.29, 1.82) is 0 Å². The molecule has 2 heterocycles. The van der Waals surface area contributed by atoms with Crippen molar-refractivity contribution >= 4 is 17.6 Å². The number of nitrogens with one attached hydrogen (secondary N) is 2. The van der Waals surface area contributed by atoms with Crippen molar-refractivity contribution in [2.45, 2.75) is 19.0 Å². The highest BCUT2D eigenvalue weighted by atomic mass is 19.1. The van der Waals surface area contributed by atoms with E-state index in [4.69, 9.17) is 0 Å². The number of hydrogen-bond acceptors (Lipinski definition) is 3. The second-order valence-electron chi connectivity index (χ2n) is 3.73. The molecule has 2 unspecified atom stereocenters. The van der Waals surface area contributed by atoms with E-state index in [1.807, 2.05) is 0 Å². The van der Waals surface area contributed by atoms with Gasteiger partial charge in [-0.1, -0.05) is 0 Å². The van der Waals surface area contributed by atoms with Gasteiger partial charge in [-0.25, -0.2) is 4.39 Å². The molecule has 15 heavy (non-hydrogen) atoms. The minimum atomic E-state index is -2.13. The number of piperidine rings is 1. The normalized spacial score (nSPS) is 32.2. The van der Waals surface area contributed by atoms with Crippen LogP contribution in [0.15, 0.2) is 4.99 Å². The Kier molecular flexibility index (Phi) is 2.77. The second kappa shape index (κ2) is 4.06. The summed E-state index contributed by atoms with van der Waals surface area (Å²) >= 11 is 0. The Morgan fingerprint density at radius 2 is 2.20 bits per heavy atom. The van der Waals surface area contributed by atoms with Gasteiger partial charge in [0.1, 0.15) is 5.84 Å². The number of aliphatic imine (C=N–C) groups is 1. The molecule has 2 amide bonds. The van der Waals surface area contributed by atoms with Gasteiger partial charge in [0, 0.05) is 12.5 Å². The van der Waals surface area contributed by atoms with Crippen LogP contribution in [0.1, 0.15) is 12.8 Å². The third-order valence-corrected chi connectivity index (χ3v) is 2.61. The average molecular weight is 213 g/mol. The van der Waals surface area contributed by atoms with Crippen LogP contribution >= 0.6 is 0 Å². The molecule has 2 atom stereocenters. The van der Waals surface area contributed by atoms with Gasteiger partial charge < -0.3 is 10.6 Å². The van der Waals surface area contributed by atoms with Gasteiger partial charge in [0.05, 0.1) is 0 Å². The molecule has 0 aromatic rings. The Morgan fingerprint density at radius 3 is 2.80 bits per heavy atom. The summed E-state index contributed by atoms with van der Waals surface area (Å²) in [6.45, 7) is 1.60. The highest BCUT2D eigenvalue weighted by molar-refractivity contribution is 6.18. The molecule has 6 heteroatoms. The lowest BCUT2D eigenvalue weighted by atomic mass is 9.97. The van der Waals surface area contributed by atoms with Crippen molar-refractivity contribution in [1.82, 2.24) is 10.6 Å². The first-order valence-electron chi connectivity index (χ1n) is 4.96. The van der Waals surface area contributed by atoms with Crippen LogP contribution in [-0.2, 0) is 9.59 Å². The number of nitrogens with zero attached hydrogens (tertiary/aromatic N) is 1. The van der Waals surface area contributed by atoms with Crippen molar-refractivity contribution in [2.24, 2.45) is 10.9 Å². The molecule has 0 aliphatic carbocycles. The topological polar surface area (TPSA) is 70.6 Å². The molecule has 5 nitrogen and oxygen atoms in total. The minimum Gasteiger partial charge on any atom is -0.316 e. The van der Waals surface area contributed by atoms with Crippen LogP contribution in [0.3, 0.4) is 0 Å². The van der Waals surface area contributed by atoms with E-state index < -0.39 is 18.0 Å².